The number of amides is 1. The normalized spacial score (nSPS) is 10.3. The van der Waals surface area contributed by atoms with Crippen molar-refractivity contribution in [2.75, 3.05) is 14.2 Å². The molecule has 15 heavy (non-hydrogen) atoms. The second-order valence-corrected chi connectivity index (χ2v) is 3.19. The van der Waals surface area contributed by atoms with Crippen LogP contribution in [0.4, 0.5) is 0 Å². The monoisotopic (exact) mass is 205 g/mol. The Hall–Kier alpha value is -1.77. The molecule has 0 bridgehead atoms. The highest BCUT2D eigenvalue weighted by Crippen LogP contribution is 2.20. The summed E-state index contributed by atoms with van der Waals surface area (Å²) in [5.74, 6) is 0.646. The van der Waals surface area contributed by atoms with E-state index in [0.717, 1.165) is 16.9 Å². The van der Waals surface area contributed by atoms with Crippen molar-refractivity contribution in [2.24, 2.45) is 0 Å². The third-order valence-electron chi connectivity index (χ3n) is 2.05. The number of carbonyl (C=O) groups is 1. The number of carbonyl (C=O) groups excluding carboxylic acids is 1. The molecule has 0 saturated carbocycles. The minimum absolute atomic E-state index is 0.127. The Morgan fingerprint density at radius 3 is 2.80 bits per heavy atom. The van der Waals surface area contributed by atoms with Gasteiger partial charge in [0.15, 0.2) is 0 Å². The number of rotatable bonds is 3. The van der Waals surface area contributed by atoms with Crippen molar-refractivity contribution in [3.63, 3.8) is 0 Å². The van der Waals surface area contributed by atoms with E-state index in [1.807, 2.05) is 25.1 Å². The number of hydrogen-bond donors (Lipinski definition) is 1. The molecule has 1 N–H and O–H groups in total. The van der Waals surface area contributed by atoms with Gasteiger partial charge in [0.05, 0.1) is 7.11 Å². The average Bonchev–Trinajstić information content (AvgIpc) is 2.26. The Bertz CT molecular complexity index is 383. The van der Waals surface area contributed by atoms with Crippen LogP contribution in [-0.4, -0.2) is 20.1 Å². The van der Waals surface area contributed by atoms with Gasteiger partial charge in [-0.05, 0) is 24.6 Å². The van der Waals surface area contributed by atoms with E-state index in [1.54, 1.807) is 20.2 Å². The summed E-state index contributed by atoms with van der Waals surface area (Å²) in [5.41, 5.74) is 2.02. The predicted octanol–water partition coefficient (Wildman–Crippen LogP) is 1.76. The van der Waals surface area contributed by atoms with E-state index in [4.69, 9.17) is 4.74 Å². The molecule has 0 spiro atoms. The second-order valence-electron chi connectivity index (χ2n) is 3.19. The summed E-state index contributed by atoms with van der Waals surface area (Å²) in [4.78, 5) is 11.0. The predicted molar refractivity (Wildman–Crippen MR) is 60.8 cm³/mol. The number of hydrogen-bond acceptors (Lipinski definition) is 2. The van der Waals surface area contributed by atoms with E-state index in [-0.39, 0.29) is 5.91 Å². The lowest BCUT2D eigenvalue weighted by Crippen LogP contribution is -2.13. The molecule has 80 valence electrons. The zero-order chi connectivity index (χ0) is 11.3. The van der Waals surface area contributed by atoms with E-state index in [0.29, 0.717) is 0 Å². The van der Waals surface area contributed by atoms with Crippen molar-refractivity contribution in [3.8, 4) is 5.75 Å². The molecule has 1 aromatic carbocycles. The second kappa shape index (κ2) is 5.20. The maximum Gasteiger partial charge on any atom is 0.243 e. The largest absolute Gasteiger partial charge is 0.496 e. The smallest absolute Gasteiger partial charge is 0.243 e. The highest BCUT2D eigenvalue weighted by Gasteiger charge is 1.99. The average molecular weight is 205 g/mol. The number of benzene rings is 1. The summed E-state index contributed by atoms with van der Waals surface area (Å²) < 4.78 is 5.21. The molecule has 0 aromatic heterocycles. The molecule has 0 aliphatic rings. The van der Waals surface area contributed by atoms with Crippen LogP contribution in [0.25, 0.3) is 6.08 Å². The van der Waals surface area contributed by atoms with Gasteiger partial charge in [0.2, 0.25) is 5.91 Å². The molecule has 0 unspecified atom stereocenters. The molecule has 3 nitrogen and oxygen atoms in total. The Kier molecular flexibility index (Phi) is 3.92. The molecular weight excluding hydrogens is 190 g/mol. The molecule has 3 heteroatoms. The minimum atomic E-state index is -0.127. The van der Waals surface area contributed by atoms with Gasteiger partial charge in [-0.1, -0.05) is 12.1 Å². The zero-order valence-corrected chi connectivity index (χ0v) is 9.20. The van der Waals surface area contributed by atoms with Crippen LogP contribution in [0.5, 0.6) is 5.75 Å². The van der Waals surface area contributed by atoms with Crippen LogP contribution in [0, 0.1) is 6.92 Å². The van der Waals surface area contributed by atoms with Gasteiger partial charge in [0.1, 0.15) is 5.75 Å². The van der Waals surface area contributed by atoms with Gasteiger partial charge in [0, 0.05) is 18.7 Å². The van der Waals surface area contributed by atoms with Crippen LogP contribution < -0.4 is 10.1 Å². The van der Waals surface area contributed by atoms with Crippen LogP contribution in [0.15, 0.2) is 24.3 Å². The van der Waals surface area contributed by atoms with Gasteiger partial charge in [-0.2, -0.15) is 0 Å². The highest BCUT2D eigenvalue weighted by molar-refractivity contribution is 5.91. The standard InChI is InChI=1S/C12H15NO2/c1-9-4-5-10(11(8-9)15-3)6-7-12(14)13-2/h4-8H,1-3H3,(H,13,14)/b7-6+. The van der Waals surface area contributed by atoms with Crippen molar-refractivity contribution < 1.29 is 9.53 Å². The summed E-state index contributed by atoms with van der Waals surface area (Å²) in [6.07, 6.45) is 3.21. The molecule has 0 atom stereocenters. The molecule has 0 fully saturated rings. The SMILES string of the molecule is CNC(=O)/C=C/c1ccc(C)cc1OC. The van der Waals surface area contributed by atoms with Gasteiger partial charge in [-0.25, -0.2) is 0 Å². The van der Waals surface area contributed by atoms with Crippen molar-refractivity contribution in [3.05, 3.63) is 35.4 Å². The summed E-state index contributed by atoms with van der Waals surface area (Å²) in [6.45, 7) is 1.99. The van der Waals surface area contributed by atoms with Crippen LogP contribution in [-0.2, 0) is 4.79 Å². The number of aryl methyl sites for hydroxylation is 1. The quantitative estimate of drug-likeness (QED) is 0.764. The first-order valence-corrected chi connectivity index (χ1v) is 4.72. The molecule has 1 aromatic rings. The van der Waals surface area contributed by atoms with Gasteiger partial charge >= 0.3 is 0 Å². The highest BCUT2D eigenvalue weighted by atomic mass is 16.5. The van der Waals surface area contributed by atoms with Crippen LogP contribution >= 0.6 is 0 Å². The van der Waals surface area contributed by atoms with Crippen molar-refractivity contribution >= 4 is 12.0 Å². The summed E-state index contributed by atoms with van der Waals surface area (Å²) in [7, 11) is 3.21. The first-order chi connectivity index (χ1) is 7.17. The lowest BCUT2D eigenvalue weighted by Gasteiger charge is -2.05. The zero-order valence-electron chi connectivity index (χ0n) is 9.20. The van der Waals surface area contributed by atoms with Crippen LogP contribution in [0.3, 0.4) is 0 Å². The molecule has 0 radical (unpaired) electrons. The first-order valence-electron chi connectivity index (χ1n) is 4.72. The van der Waals surface area contributed by atoms with Crippen LogP contribution in [0.1, 0.15) is 11.1 Å². The number of methoxy groups -OCH3 is 1. The van der Waals surface area contributed by atoms with Crippen molar-refractivity contribution in [1.82, 2.24) is 5.32 Å². The Labute approximate surface area is 89.8 Å². The topological polar surface area (TPSA) is 38.3 Å². The van der Waals surface area contributed by atoms with E-state index in [1.165, 1.54) is 6.08 Å². The van der Waals surface area contributed by atoms with Gasteiger partial charge in [-0.3, -0.25) is 4.79 Å². The third-order valence-corrected chi connectivity index (χ3v) is 2.05. The summed E-state index contributed by atoms with van der Waals surface area (Å²) >= 11 is 0. The maximum atomic E-state index is 11.0. The summed E-state index contributed by atoms with van der Waals surface area (Å²) in [5, 5.41) is 2.52. The Balaban J connectivity index is 2.94. The van der Waals surface area contributed by atoms with E-state index in [2.05, 4.69) is 5.32 Å². The maximum absolute atomic E-state index is 11.0. The minimum Gasteiger partial charge on any atom is -0.496 e. The lowest BCUT2D eigenvalue weighted by atomic mass is 10.1. The summed E-state index contributed by atoms with van der Waals surface area (Å²) in [6, 6.07) is 5.84. The molecule has 1 rings (SSSR count). The fourth-order valence-corrected chi connectivity index (χ4v) is 1.20. The van der Waals surface area contributed by atoms with Crippen molar-refractivity contribution in [2.45, 2.75) is 6.92 Å². The fraction of sp³-hybridized carbons (Fsp3) is 0.250. The van der Waals surface area contributed by atoms with E-state index >= 15 is 0 Å². The van der Waals surface area contributed by atoms with Gasteiger partial charge < -0.3 is 10.1 Å². The van der Waals surface area contributed by atoms with Gasteiger partial charge in [0.25, 0.3) is 0 Å². The van der Waals surface area contributed by atoms with E-state index < -0.39 is 0 Å². The van der Waals surface area contributed by atoms with Gasteiger partial charge in [-0.15, -0.1) is 0 Å². The molecular formula is C12H15NO2. The number of likely N-dealkylation sites (N-methyl/N-ethyl adjacent to an activating group) is 1. The lowest BCUT2D eigenvalue weighted by molar-refractivity contribution is -0.115. The number of nitrogens with one attached hydrogen (secondary N) is 1. The Morgan fingerprint density at radius 2 is 2.20 bits per heavy atom. The fourth-order valence-electron chi connectivity index (χ4n) is 1.20. The Morgan fingerprint density at radius 1 is 1.47 bits per heavy atom. The number of ether oxygens (including phenoxy) is 1. The molecule has 0 aliphatic carbocycles. The van der Waals surface area contributed by atoms with Crippen LogP contribution in [0.2, 0.25) is 0 Å². The third kappa shape index (κ3) is 3.13. The van der Waals surface area contributed by atoms with E-state index in [9.17, 15) is 4.79 Å². The first kappa shape index (κ1) is 11.3. The molecule has 0 aliphatic heterocycles. The molecule has 0 saturated heterocycles. The molecule has 1 amide bonds. The molecule has 0 heterocycles. The van der Waals surface area contributed by atoms with Crippen molar-refractivity contribution in [1.29, 1.82) is 0 Å².